The van der Waals surface area contributed by atoms with Gasteiger partial charge in [0.1, 0.15) is 17.9 Å². The van der Waals surface area contributed by atoms with E-state index in [1.807, 2.05) is 60.7 Å². The Hall–Kier alpha value is -3.66. The predicted molar refractivity (Wildman–Crippen MR) is 116 cm³/mol. The molecule has 0 aliphatic rings. The number of nitrogens with one attached hydrogen (secondary N) is 1. The molecule has 1 N–H and O–H groups in total. The minimum Gasteiger partial charge on any atom is -0.353 e. The molecule has 0 saturated carbocycles. The summed E-state index contributed by atoms with van der Waals surface area (Å²) < 4.78 is 1.71. The van der Waals surface area contributed by atoms with E-state index in [-0.39, 0.29) is 12.3 Å². The lowest BCUT2D eigenvalue weighted by molar-refractivity contribution is -0.117. The Labute approximate surface area is 170 Å². The normalized spacial score (nSPS) is 11.2. The molecule has 29 heavy (non-hydrogen) atoms. The van der Waals surface area contributed by atoms with Crippen LogP contribution in [0, 0.1) is 0 Å². The fourth-order valence-electron chi connectivity index (χ4n) is 3.75. The van der Waals surface area contributed by atoms with Gasteiger partial charge in [0.05, 0.1) is 6.20 Å². The van der Waals surface area contributed by atoms with E-state index in [4.69, 9.17) is 0 Å². The third-order valence-electron chi connectivity index (χ3n) is 5.02. The van der Waals surface area contributed by atoms with Crippen LogP contribution in [-0.4, -0.2) is 15.6 Å². The summed E-state index contributed by atoms with van der Waals surface area (Å²) in [7, 11) is 0. The van der Waals surface area contributed by atoms with Crippen LogP contribution in [0.4, 0.5) is 5.82 Å². The van der Waals surface area contributed by atoms with E-state index >= 15 is 0 Å². The molecular formula is C25H23N3O. The van der Waals surface area contributed by atoms with Crippen LogP contribution in [0.1, 0.15) is 23.6 Å². The number of benzene rings is 3. The fraction of sp³-hybridized carbons (Fsp3) is 0.120. The van der Waals surface area contributed by atoms with E-state index in [2.05, 4.69) is 46.8 Å². The van der Waals surface area contributed by atoms with E-state index < -0.39 is 5.54 Å². The minimum absolute atomic E-state index is 0.0569. The Morgan fingerprint density at radius 3 is 1.66 bits per heavy atom. The number of Topliss-reactive ketones (excluding diaryl/α,β-unsaturated/α-hetero) is 1. The second kappa shape index (κ2) is 8.15. The third-order valence-corrected chi connectivity index (χ3v) is 5.02. The van der Waals surface area contributed by atoms with Gasteiger partial charge in [0.15, 0.2) is 5.78 Å². The van der Waals surface area contributed by atoms with Gasteiger partial charge in [-0.1, -0.05) is 91.0 Å². The average Bonchev–Trinajstić information content (AvgIpc) is 3.19. The number of aromatic nitrogens is 2. The first-order valence-corrected chi connectivity index (χ1v) is 9.66. The average molecular weight is 381 g/mol. The molecule has 144 valence electrons. The molecule has 4 rings (SSSR count). The van der Waals surface area contributed by atoms with Crippen LogP contribution in [0.2, 0.25) is 0 Å². The number of carbonyl (C=O) groups is 1. The van der Waals surface area contributed by atoms with Crippen LogP contribution in [-0.2, 0) is 16.9 Å². The SMILES string of the molecule is CC(=O)Cn1nccc1NC(c1ccccc1)(c1ccccc1)c1ccccc1. The molecule has 1 heterocycles. The molecule has 4 aromatic rings. The molecule has 0 spiro atoms. The molecule has 4 heteroatoms. The molecule has 0 aliphatic heterocycles. The van der Waals surface area contributed by atoms with Crippen LogP contribution >= 0.6 is 0 Å². The van der Waals surface area contributed by atoms with Crippen LogP contribution in [0.25, 0.3) is 0 Å². The van der Waals surface area contributed by atoms with Crippen molar-refractivity contribution in [2.24, 2.45) is 0 Å². The van der Waals surface area contributed by atoms with Crippen molar-refractivity contribution in [2.45, 2.75) is 19.0 Å². The summed E-state index contributed by atoms with van der Waals surface area (Å²) in [6.45, 7) is 1.80. The topological polar surface area (TPSA) is 46.9 Å². The molecule has 0 aliphatic carbocycles. The number of carbonyl (C=O) groups excluding carboxylic acids is 1. The van der Waals surface area contributed by atoms with Gasteiger partial charge in [-0.25, -0.2) is 4.68 Å². The van der Waals surface area contributed by atoms with Crippen molar-refractivity contribution in [3.05, 3.63) is 120 Å². The first-order chi connectivity index (χ1) is 14.2. The van der Waals surface area contributed by atoms with Crippen LogP contribution in [0.15, 0.2) is 103 Å². The summed E-state index contributed by atoms with van der Waals surface area (Å²) in [6, 6.07) is 33.0. The van der Waals surface area contributed by atoms with Gasteiger partial charge in [-0.2, -0.15) is 5.10 Å². The molecule has 0 fully saturated rings. The summed E-state index contributed by atoms with van der Waals surface area (Å²) in [6.07, 6.45) is 1.72. The number of anilines is 1. The van der Waals surface area contributed by atoms with Crippen molar-refractivity contribution in [1.29, 1.82) is 0 Å². The van der Waals surface area contributed by atoms with E-state index in [1.165, 1.54) is 0 Å². The van der Waals surface area contributed by atoms with Gasteiger partial charge in [-0.3, -0.25) is 4.79 Å². The molecule has 0 bridgehead atoms. The van der Waals surface area contributed by atoms with Crippen molar-refractivity contribution in [1.82, 2.24) is 9.78 Å². The quantitative estimate of drug-likeness (QED) is 0.464. The maximum Gasteiger partial charge on any atom is 0.151 e. The third kappa shape index (κ3) is 3.69. The van der Waals surface area contributed by atoms with Gasteiger partial charge < -0.3 is 5.32 Å². The minimum atomic E-state index is -0.641. The number of hydrogen-bond donors (Lipinski definition) is 1. The lowest BCUT2D eigenvalue weighted by Crippen LogP contribution is -2.39. The zero-order chi connectivity index (χ0) is 20.1. The van der Waals surface area contributed by atoms with Gasteiger partial charge in [-0.05, 0) is 23.6 Å². The van der Waals surface area contributed by atoms with Crippen LogP contribution < -0.4 is 5.32 Å². The van der Waals surface area contributed by atoms with Gasteiger partial charge in [0.2, 0.25) is 0 Å². The monoisotopic (exact) mass is 381 g/mol. The van der Waals surface area contributed by atoms with Crippen LogP contribution in [0.5, 0.6) is 0 Å². The van der Waals surface area contributed by atoms with E-state index in [0.29, 0.717) is 0 Å². The zero-order valence-electron chi connectivity index (χ0n) is 16.3. The molecule has 1 aromatic heterocycles. The van der Waals surface area contributed by atoms with Crippen molar-refractivity contribution in [3.8, 4) is 0 Å². The highest BCUT2D eigenvalue weighted by Gasteiger charge is 2.37. The standard InChI is InChI=1S/C25H23N3O/c1-20(29)19-28-24(17-18-26-28)27-25(21-11-5-2-6-12-21,22-13-7-3-8-14-22)23-15-9-4-10-16-23/h2-18,27H,19H2,1H3. The van der Waals surface area contributed by atoms with E-state index in [0.717, 1.165) is 22.5 Å². The van der Waals surface area contributed by atoms with E-state index in [9.17, 15) is 4.79 Å². The summed E-state index contributed by atoms with van der Waals surface area (Å²) in [5.74, 6) is 0.846. The molecule has 3 aromatic carbocycles. The summed E-state index contributed by atoms with van der Waals surface area (Å²) in [5, 5.41) is 8.10. The lowest BCUT2D eigenvalue weighted by atomic mass is 9.77. The number of nitrogens with zero attached hydrogens (tertiary/aromatic N) is 2. The Morgan fingerprint density at radius 2 is 1.24 bits per heavy atom. The van der Waals surface area contributed by atoms with Gasteiger partial charge >= 0.3 is 0 Å². The largest absolute Gasteiger partial charge is 0.353 e. The van der Waals surface area contributed by atoms with Crippen molar-refractivity contribution < 1.29 is 4.79 Å². The summed E-state index contributed by atoms with van der Waals surface area (Å²) >= 11 is 0. The summed E-state index contributed by atoms with van der Waals surface area (Å²) in [4.78, 5) is 11.8. The molecule has 0 unspecified atom stereocenters. The number of hydrogen-bond acceptors (Lipinski definition) is 3. The molecule has 0 amide bonds. The highest BCUT2D eigenvalue weighted by molar-refractivity contribution is 5.75. The Balaban J connectivity index is 1.96. The summed E-state index contributed by atoms with van der Waals surface area (Å²) in [5.41, 5.74) is 2.67. The molecule has 0 atom stereocenters. The van der Waals surface area contributed by atoms with Crippen molar-refractivity contribution >= 4 is 11.6 Å². The first kappa shape index (κ1) is 18.7. The second-order valence-electron chi connectivity index (χ2n) is 7.05. The maximum absolute atomic E-state index is 11.8. The first-order valence-electron chi connectivity index (χ1n) is 9.66. The second-order valence-corrected chi connectivity index (χ2v) is 7.05. The fourth-order valence-corrected chi connectivity index (χ4v) is 3.75. The molecule has 4 nitrogen and oxygen atoms in total. The zero-order valence-corrected chi connectivity index (χ0v) is 16.3. The maximum atomic E-state index is 11.8. The lowest BCUT2D eigenvalue weighted by Gasteiger charge is -2.37. The molecule has 0 saturated heterocycles. The Bertz CT molecular complexity index is 976. The number of ketones is 1. The molecular weight excluding hydrogens is 358 g/mol. The van der Waals surface area contributed by atoms with Crippen LogP contribution in [0.3, 0.4) is 0 Å². The Kier molecular flexibility index (Phi) is 5.25. The highest BCUT2D eigenvalue weighted by atomic mass is 16.1. The van der Waals surface area contributed by atoms with Gasteiger partial charge in [-0.15, -0.1) is 0 Å². The van der Waals surface area contributed by atoms with E-state index in [1.54, 1.807) is 17.8 Å². The van der Waals surface area contributed by atoms with Gasteiger partial charge in [0.25, 0.3) is 0 Å². The Morgan fingerprint density at radius 1 is 0.793 bits per heavy atom. The van der Waals surface area contributed by atoms with Crippen molar-refractivity contribution in [3.63, 3.8) is 0 Å². The number of rotatable bonds is 7. The smallest absolute Gasteiger partial charge is 0.151 e. The van der Waals surface area contributed by atoms with Crippen molar-refractivity contribution in [2.75, 3.05) is 5.32 Å². The predicted octanol–water partition coefficient (Wildman–Crippen LogP) is 4.88. The molecule has 0 radical (unpaired) electrons. The highest BCUT2D eigenvalue weighted by Crippen LogP contribution is 2.39. The van der Waals surface area contributed by atoms with Gasteiger partial charge in [0, 0.05) is 6.07 Å².